The molecule has 92 valence electrons. The zero-order chi connectivity index (χ0) is 13.1. The van der Waals surface area contributed by atoms with Crippen molar-refractivity contribution < 1.29 is 9.72 Å². The first kappa shape index (κ1) is 12.2. The fourth-order valence-electron chi connectivity index (χ4n) is 1.93. The Kier molecular flexibility index (Phi) is 3.37. The number of carbonyl (C=O) groups excluding carboxylic acids is 1. The maximum Gasteiger partial charge on any atom is 0.250 e. The number of hydrogen-bond acceptors (Lipinski definition) is 3. The molecule has 1 unspecified atom stereocenters. The van der Waals surface area contributed by atoms with Gasteiger partial charge in [-0.25, -0.2) is 0 Å². The summed E-state index contributed by atoms with van der Waals surface area (Å²) in [6.45, 7) is 1.79. The molecule has 0 radical (unpaired) electrons. The number of nitro groups is 1. The minimum atomic E-state index is -0.407. The Labute approximate surface area is 105 Å². The van der Waals surface area contributed by atoms with Crippen molar-refractivity contribution in [1.29, 1.82) is 0 Å². The van der Waals surface area contributed by atoms with E-state index in [4.69, 9.17) is 0 Å². The van der Waals surface area contributed by atoms with Crippen molar-refractivity contribution in [3.8, 4) is 0 Å². The third kappa shape index (κ3) is 2.37. The van der Waals surface area contributed by atoms with Crippen molar-refractivity contribution in [3.05, 3.63) is 69.4 Å². The lowest BCUT2D eigenvalue weighted by atomic mass is 9.91. The second kappa shape index (κ2) is 4.96. The minimum Gasteiger partial charge on any atom is -0.289 e. The molecule has 0 aliphatic heterocycles. The highest BCUT2D eigenvalue weighted by Gasteiger charge is 2.25. The topological polar surface area (TPSA) is 60.2 Å². The van der Waals surface area contributed by atoms with Crippen molar-refractivity contribution in [3.63, 3.8) is 0 Å². The van der Waals surface area contributed by atoms with Crippen molar-refractivity contribution >= 4 is 5.78 Å². The number of benzene rings is 1. The van der Waals surface area contributed by atoms with Crippen LogP contribution in [0.25, 0.3) is 0 Å². The smallest absolute Gasteiger partial charge is 0.250 e. The zero-order valence-corrected chi connectivity index (χ0v) is 10.00. The third-order valence-electron chi connectivity index (χ3n) is 3.01. The molecule has 0 saturated carbocycles. The van der Waals surface area contributed by atoms with E-state index in [-0.39, 0.29) is 17.4 Å². The molecule has 0 amide bonds. The standard InChI is InChI=1S/C14H13NO3/c1-10-7-8-12(9-13(10)15(17)18)14(16)11-5-3-2-4-6-11/h2-6,8-10H,7H2,1H3. The van der Waals surface area contributed by atoms with Crippen LogP contribution in [0.4, 0.5) is 0 Å². The van der Waals surface area contributed by atoms with E-state index >= 15 is 0 Å². The average molecular weight is 243 g/mol. The zero-order valence-electron chi connectivity index (χ0n) is 10.00. The van der Waals surface area contributed by atoms with E-state index in [2.05, 4.69) is 0 Å². The number of nitrogens with zero attached hydrogens (tertiary/aromatic N) is 1. The fraction of sp³-hybridized carbons (Fsp3) is 0.214. The molecule has 0 N–H and O–H groups in total. The molecule has 1 atom stereocenters. The van der Waals surface area contributed by atoms with Crippen LogP contribution >= 0.6 is 0 Å². The summed E-state index contributed by atoms with van der Waals surface area (Å²) >= 11 is 0. The van der Waals surface area contributed by atoms with E-state index in [1.807, 2.05) is 6.07 Å². The number of Topliss-reactive ketones (excluding diaryl/α,β-unsaturated/α-hetero) is 1. The predicted octanol–water partition coefficient (Wildman–Crippen LogP) is 3.00. The Morgan fingerprint density at radius 1 is 1.33 bits per heavy atom. The van der Waals surface area contributed by atoms with Gasteiger partial charge in [0.2, 0.25) is 5.70 Å². The monoisotopic (exact) mass is 243 g/mol. The first-order valence-corrected chi connectivity index (χ1v) is 5.75. The van der Waals surface area contributed by atoms with Gasteiger partial charge in [-0.3, -0.25) is 14.9 Å². The normalized spacial score (nSPS) is 18.8. The molecule has 18 heavy (non-hydrogen) atoms. The Morgan fingerprint density at radius 2 is 2.00 bits per heavy atom. The van der Waals surface area contributed by atoms with Crippen LogP contribution < -0.4 is 0 Å². The van der Waals surface area contributed by atoms with Gasteiger partial charge < -0.3 is 0 Å². The molecule has 0 heterocycles. The largest absolute Gasteiger partial charge is 0.289 e. The number of allylic oxidation sites excluding steroid dienone is 4. The summed E-state index contributed by atoms with van der Waals surface area (Å²) in [5.41, 5.74) is 1.07. The van der Waals surface area contributed by atoms with Crippen LogP contribution in [0.2, 0.25) is 0 Å². The van der Waals surface area contributed by atoms with Gasteiger partial charge in [0, 0.05) is 17.2 Å². The van der Waals surface area contributed by atoms with Crippen LogP contribution in [0.5, 0.6) is 0 Å². The Balaban J connectivity index is 2.31. The number of carbonyl (C=O) groups is 1. The molecule has 1 aliphatic carbocycles. The van der Waals surface area contributed by atoms with Gasteiger partial charge in [-0.15, -0.1) is 0 Å². The van der Waals surface area contributed by atoms with Gasteiger partial charge in [0.25, 0.3) is 0 Å². The highest BCUT2D eigenvalue weighted by atomic mass is 16.6. The number of rotatable bonds is 3. The second-order valence-electron chi connectivity index (χ2n) is 4.32. The van der Waals surface area contributed by atoms with Gasteiger partial charge in [0.05, 0.1) is 10.8 Å². The quantitative estimate of drug-likeness (QED) is 0.465. The van der Waals surface area contributed by atoms with E-state index in [0.717, 1.165) is 0 Å². The second-order valence-corrected chi connectivity index (χ2v) is 4.32. The Morgan fingerprint density at radius 3 is 2.61 bits per heavy atom. The summed E-state index contributed by atoms with van der Waals surface area (Å²) in [7, 11) is 0. The van der Waals surface area contributed by atoms with E-state index < -0.39 is 4.92 Å². The van der Waals surface area contributed by atoms with Gasteiger partial charge in [-0.05, 0) is 6.42 Å². The van der Waals surface area contributed by atoms with Crippen LogP contribution in [0, 0.1) is 16.0 Å². The summed E-state index contributed by atoms with van der Waals surface area (Å²) in [6.07, 6.45) is 3.69. The molecule has 0 spiro atoms. The molecule has 1 aromatic carbocycles. The van der Waals surface area contributed by atoms with Gasteiger partial charge in [-0.1, -0.05) is 43.3 Å². The Bertz CT molecular complexity index is 543. The highest BCUT2D eigenvalue weighted by molar-refractivity contribution is 6.10. The fourth-order valence-corrected chi connectivity index (χ4v) is 1.93. The molecule has 1 aliphatic rings. The van der Waals surface area contributed by atoms with Gasteiger partial charge in [0.1, 0.15) is 0 Å². The lowest BCUT2D eigenvalue weighted by molar-refractivity contribution is -0.433. The highest BCUT2D eigenvalue weighted by Crippen LogP contribution is 2.25. The van der Waals surface area contributed by atoms with Gasteiger partial charge in [-0.2, -0.15) is 0 Å². The summed E-state index contributed by atoms with van der Waals surface area (Å²) in [5.74, 6) is -0.311. The van der Waals surface area contributed by atoms with Crippen LogP contribution in [0.3, 0.4) is 0 Å². The van der Waals surface area contributed by atoms with E-state index in [1.165, 1.54) is 6.08 Å². The molecule has 0 bridgehead atoms. The minimum absolute atomic E-state index is 0.108. The van der Waals surface area contributed by atoms with E-state index in [1.54, 1.807) is 37.3 Å². The van der Waals surface area contributed by atoms with Crippen LogP contribution in [0.15, 0.2) is 53.8 Å². The lowest BCUT2D eigenvalue weighted by Gasteiger charge is -2.13. The molecule has 2 rings (SSSR count). The van der Waals surface area contributed by atoms with Crippen molar-refractivity contribution in [2.24, 2.45) is 5.92 Å². The van der Waals surface area contributed by atoms with Crippen LogP contribution in [-0.2, 0) is 0 Å². The molecule has 0 fully saturated rings. The van der Waals surface area contributed by atoms with E-state index in [9.17, 15) is 14.9 Å². The molecule has 4 nitrogen and oxygen atoms in total. The maximum atomic E-state index is 12.1. The van der Waals surface area contributed by atoms with Crippen molar-refractivity contribution in [2.75, 3.05) is 0 Å². The summed E-state index contributed by atoms with van der Waals surface area (Å²) in [5, 5.41) is 10.9. The first-order valence-electron chi connectivity index (χ1n) is 5.75. The molecular formula is C14H13NO3. The summed E-state index contributed by atoms with van der Waals surface area (Å²) in [4.78, 5) is 22.6. The summed E-state index contributed by atoms with van der Waals surface area (Å²) in [6, 6.07) is 8.79. The molecule has 0 saturated heterocycles. The van der Waals surface area contributed by atoms with Crippen LogP contribution in [0.1, 0.15) is 23.7 Å². The molecule has 4 heteroatoms. The molecule has 0 aromatic heterocycles. The molecular weight excluding hydrogens is 230 g/mol. The van der Waals surface area contributed by atoms with Gasteiger partial charge >= 0.3 is 0 Å². The van der Waals surface area contributed by atoms with Crippen molar-refractivity contribution in [2.45, 2.75) is 13.3 Å². The Hall–Kier alpha value is -2.23. The number of hydrogen-bond donors (Lipinski definition) is 0. The lowest BCUT2D eigenvalue weighted by Crippen LogP contribution is -2.15. The molecule has 1 aromatic rings. The first-order chi connectivity index (χ1) is 8.59. The predicted molar refractivity (Wildman–Crippen MR) is 67.7 cm³/mol. The maximum absolute atomic E-state index is 12.1. The van der Waals surface area contributed by atoms with E-state index in [0.29, 0.717) is 17.6 Å². The SMILES string of the molecule is CC1CC=C(C(=O)c2ccccc2)C=C1[N+](=O)[O-]. The summed E-state index contributed by atoms with van der Waals surface area (Å²) < 4.78 is 0. The van der Waals surface area contributed by atoms with Crippen molar-refractivity contribution in [1.82, 2.24) is 0 Å². The number of ketones is 1. The van der Waals surface area contributed by atoms with Gasteiger partial charge in [0.15, 0.2) is 5.78 Å². The third-order valence-corrected chi connectivity index (χ3v) is 3.01. The van der Waals surface area contributed by atoms with Crippen LogP contribution in [-0.4, -0.2) is 10.7 Å². The average Bonchev–Trinajstić information content (AvgIpc) is 2.39.